The van der Waals surface area contributed by atoms with Crippen molar-refractivity contribution >= 4 is 5.78 Å². The van der Waals surface area contributed by atoms with Crippen molar-refractivity contribution in [3.05, 3.63) is 0 Å². The van der Waals surface area contributed by atoms with Gasteiger partial charge < -0.3 is 9.80 Å². The van der Waals surface area contributed by atoms with Gasteiger partial charge in [0.15, 0.2) is 0 Å². The van der Waals surface area contributed by atoms with Crippen LogP contribution in [0.2, 0.25) is 0 Å². The predicted octanol–water partition coefficient (Wildman–Crippen LogP) is 1.63. The molecule has 0 saturated carbocycles. The van der Waals surface area contributed by atoms with E-state index in [1.807, 2.05) is 0 Å². The van der Waals surface area contributed by atoms with E-state index in [0.717, 1.165) is 19.0 Å². The fourth-order valence-electron chi connectivity index (χ4n) is 2.21. The first-order chi connectivity index (χ1) is 7.58. The topological polar surface area (TPSA) is 23.6 Å². The van der Waals surface area contributed by atoms with Gasteiger partial charge in [0, 0.05) is 13.0 Å². The Morgan fingerprint density at radius 3 is 2.50 bits per heavy atom. The van der Waals surface area contributed by atoms with E-state index in [1.54, 1.807) is 6.92 Å². The van der Waals surface area contributed by atoms with Crippen molar-refractivity contribution in [3.8, 4) is 0 Å². The molecule has 1 heterocycles. The van der Waals surface area contributed by atoms with E-state index in [9.17, 15) is 4.79 Å². The fraction of sp³-hybridized carbons (Fsp3) is 0.923. The van der Waals surface area contributed by atoms with Gasteiger partial charge in [-0.15, -0.1) is 0 Å². The second-order valence-corrected chi connectivity index (χ2v) is 5.29. The highest BCUT2D eigenvalue weighted by atomic mass is 16.1. The van der Waals surface area contributed by atoms with E-state index in [-0.39, 0.29) is 0 Å². The van der Waals surface area contributed by atoms with E-state index in [0.29, 0.717) is 12.2 Å². The highest BCUT2D eigenvalue weighted by Gasteiger charge is 2.16. The summed E-state index contributed by atoms with van der Waals surface area (Å²) in [5.41, 5.74) is 0. The van der Waals surface area contributed by atoms with Gasteiger partial charge in [0.2, 0.25) is 0 Å². The van der Waals surface area contributed by atoms with Crippen molar-refractivity contribution in [1.29, 1.82) is 0 Å². The molecule has 0 amide bonds. The van der Waals surface area contributed by atoms with E-state index in [2.05, 4.69) is 23.9 Å². The molecule has 1 aliphatic rings. The zero-order valence-corrected chi connectivity index (χ0v) is 11.0. The Morgan fingerprint density at radius 1 is 1.31 bits per heavy atom. The molecule has 0 atom stereocenters. The number of piperidine rings is 1. The monoisotopic (exact) mass is 226 g/mol. The Kier molecular flexibility index (Phi) is 5.99. The molecule has 0 aromatic rings. The number of Topliss-reactive ketones (excluding diaryl/α,β-unsaturated/α-hetero) is 1. The number of nitrogens with zero attached hydrogens (tertiary/aromatic N) is 2. The number of hydrogen-bond donors (Lipinski definition) is 0. The van der Waals surface area contributed by atoms with Crippen molar-refractivity contribution in [1.82, 2.24) is 9.80 Å². The highest BCUT2D eigenvalue weighted by Crippen LogP contribution is 2.19. The van der Waals surface area contributed by atoms with Crippen LogP contribution in [0.1, 0.15) is 32.6 Å². The van der Waals surface area contributed by atoms with E-state index < -0.39 is 0 Å². The maximum absolute atomic E-state index is 10.9. The van der Waals surface area contributed by atoms with Gasteiger partial charge in [0.05, 0.1) is 0 Å². The molecule has 16 heavy (non-hydrogen) atoms. The summed E-state index contributed by atoms with van der Waals surface area (Å²) in [5.74, 6) is 1.20. The lowest BCUT2D eigenvalue weighted by Gasteiger charge is -2.30. The highest BCUT2D eigenvalue weighted by molar-refractivity contribution is 5.75. The largest absolute Gasteiger partial charge is 0.306 e. The summed E-state index contributed by atoms with van der Waals surface area (Å²) >= 11 is 0. The van der Waals surface area contributed by atoms with Gasteiger partial charge >= 0.3 is 0 Å². The van der Waals surface area contributed by atoms with Crippen molar-refractivity contribution in [2.24, 2.45) is 5.92 Å². The average molecular weight is 226 g/mol. The number of carbonyl (C=O) groups is 1. The first kappa shape index (κ1) is 13.7. The van der Waals surface area contributed by atoms with Gasteiger partial charge in [-0.3, -0.25) is 4.79 Å². The second kappa shape index (κ2) is 7.02. The van der Waals surface area contributed by atoms with Crippen molar-refractivity contribution in [2.45, 2.75) is 32.6 Å². The predicted molar refractivity (Wildman–Crippen MR) is 67.6 cm³/mol. The van der Waals surface area contributed by atoms with Crippen molar-refractivity contribution in [3.63, 3.8) is 0 Å². The molecule has 0 N–H and O–H groups in total. The molecule has 0 bridgehead atoms. The van der Waals surface area contributed by atoms with Gasteiger partial charge in [-0.1, -0.05) is 0 Å². The number of likely N-dealkylation sites (tertiary alicyclic amines) is 1. The molecule has 0 spiro atoms. The van der Waals surface area contributed by atoms with Crippen LogP contribution in [0.5, 0.6) is 0 Å². The number of ketones is 1. The quantitative estimate of drug-likeness (QED) is 0.688. The summed E-state index contributed by atoms with van der Waals surface area (Å²) in [6, 6.07) is 0. The third kappa shape index (κ3) is 5.61. The molecule has 94 valence electrons. The molecule has 0 radical (unpaired) electrons. The van der Waals surface area contributed by atoms with E-state index in [1.165, 1.54) is 32.4 Å². The number of rotatable bonds is 6. The molecule has 0 aromatic carbocycles. The minimum Gasteiger partial charge on any atom is -0.306 e. The summed E-state index contributed by atoms with van der Waals surface area (Å²) in [7, 11) is 4.33. The maximum atomic E-state index is 10.9. The van der Waals surface area contributed by atoms with Crippen LogP contribution in [-0.2, 0) is 4.79 Å². The summed E-state index contributed by atoms with van der Waals surface area (Å²) in [5, 5.41) is 0. The smallest absolute Gasteiger partial charge is 0.131 e. The summed E-state index contributed by atoms with van der Waals surface area (Å²) < 4.78 is 0. The normalized spacial score (nSPS) is 19.2. The van der Waals surface area contributed by atoms with Gasteiger partial charge in [0.1, 0.15) is 5.78 Å². The standard InChI is InChI=1S/C13H26N2O/c1-12(16)4-8-14(2)9-5-13-6-10-15(3)11-7-13/h13H,4-11H2,1-3H3. The summed E-state index contributed by atoms with van der Waals surface area (Å²) in [6.07, 6.45) is 4.68. The second-order valence-electron chi connectivity index (χ2n) is 5.29. The van der Waals surface area contributed by atoms with Gasteiger partial charge in [0.25, 0.3) is 0 Å². The minimum atomic E-state index is 0.297. The number of carbonyl (C=O) groups excluding carboxylic acids is 1. The molecule has 0 aliphatic carbocycles. The molecule has 1 saturated heterocycles. The molecule has 3 nitrogen and oxygen atoms in total. The van der Waals surface area contributed by atoms with Crippen LogP contribution in [0.15, 0.2) is 0 Å². The molecule has 0 aromatic heterocycles. The molecular formula is C13H26N2O. The third-order valence-electron chi connectivity index (χ3n) is 3.60. The van der Waals surface area contributed by atoms with Gasteiger partial charge in [-0.2, -0.15) is 0 Å². The maximum Gasteiger partial charge on any atom is 0.131 e. The van der Waals surface area contributed by atoms with Crippen LogP contribution in [-0.4, -0.2) is 55.9 Å². The first-order valence-electron chi connectivity index (χ1n) is 6.44. The van der Waals surface area contributed by atoms with Crippen LogP contribution in [0.3, 0.4) is 0 Å². The van der Waals surface area contributed by atoms with Crippen molar-refractivity contribution < 1.29 is 4.79 Å². The molecule has 1 fully saturated rings. The molecule has 3 heteroatoms. The minimum absolute atomic E-state index is 0.297. The van der Waals surface area contributed by atoms with Crippen LogP contribution in [0.4, 0.5) is 0 Å². The Bertz CT molecular complexity index is 210. The van der Waals surface area contributed by atoms with E-state index >= 15 is 0 Å². The first-order valence-corrected chi connectivity index (χ1v) is 6.44. The fourth-order valence-corrected chi connectivity index (χ4v) is 2.21. The van der Waals surface area contributed by atoms with Gasteiger partial charge in [-0.05, 0) is 65.8 Å². The Labute approximate surface area is 99.8 Å². The zero-order chi connectivity index (χ0) is 12.0. The third-order valence-corrected chi connectivity index (χ3v) is 3.60. The van der Waals surface area contributed by atoms with Crippen LogP contribution >= 0.6 is 0 Å². The van der Waals surface area contributed by atoms with Crippen LogP contribution in [0, 0.1) is 5.92 Å². The lowest BCUT2D eigenvalue weighted by Crippen LogP contribution is -2.32. The lowest BCUT2D eigenvalue weighted by molar-refractivity contribution is -0.117. The van der Waals surface area contributed by atoms with Crippen LogP contribution in [0.25, 0.3) is 0 Å². The SMILES string of the molecule is CC(=O)CCN(C)CCC1CCN(C)CC1. The van der Waals surface area contributed by atoms with Crippen molar-refractivity contribution in [2.75, 3.05) is 40.3 Å². The Hall–Kier alpha value is -0.410. The van der Waals surface area contributed by atoms with E-state index in [4.69, 9.17) is 0 Å². The van der Waals surface area contributed by atoms with Crippen LogP contribution < -0.4 is 0 Å². The lowest BCUT2D eigenvalue weighted by atomic mass is 9.94. The number of hydrogen-bond acceptors (Lipinski definition) is 3. The molecule has 1 aliphatic heterocycles. The average Bonchev–Trinajstić information content (AvgIpc) is 2.25. The summed E-state index contributed by atoms with van der Waals surface area (Å²) in [6.45, 7) is 6.23. The molecule has 0 unspecified atom stereocenters. The summed E-state index contributed by atoms with van der Waals surface area (Å²) in [4.78, 5) is 15.6. The Morgan fingerprint density at radius 2 is 1.94 bits per heavy atom. The zero-order valence-electron chi connectivity index (χ0n) is 11.0. The molecular weight excluding hydrogens is 200 g/mol. The Balaban J connectivity index is 2.07. The molecule has 1 rings (SSSR count). The van der Waals surface area contributed by atoms with Gasteiger partial charge in [-0.25, -0.2) is 0 Å².